The van der Waals surface area contributed by atoms with E-state index < -0.39 is 5.95 Å². The van der Waals surface area contributed by atoms with E-state index in [4.69, 9.17) is 4.74 Å². The highest BCUT2D eigenvalue weighted by atomic mass is 79.9. The first-order valence-corrected chi connectivity index (χ1v) is 3.39. The lowest BCUT2D eigenvalue weighted by Crippen LogP contribution is -1.90. The lowest BCUT2D eigenvalue weighted by Gasteiger charge is -1.99. The molecule has 54 valence electrons. The third-order valence-electron chi connectivity index (χ3n) is 0.973. The molecular formula is C6H5BrFNO. The minimum atomic E-state index is -0.542. The van der Waals surface area contributed by atoms with E-state index in [1.807, 2.05) is 0 Å². The third-order valence-corrected chi connectivity index (χ3v) is 1.58. The quantitative estimate of drug-likeness (QED) is 0.655. The van der Waals surface area contributed by atoms with Gasteiger partial charge in [-0.25, -0.2) is 0 Å². The van der Waals surface area contributed by atoms with Crippen LogP contribution in [0.1, 0.15) is 0 Å². The van der Waals surface area contributed by atoms with E-state index in [1.54, 1.807) is 6.07 Å². The second-order valence-corrected chi connectivity index (χ2v) is 2.48. The zero-order chi connectivity index (χ0) is 7.56. The molecule has 0 unspecified atom stereocenters. The van der Waals surface area contributed by atoms with Crippen LogP contribution in [0, 0.1) is 5.95 Å². The Hall–Kier alpha value is -0.640. The van der Waals surface area contributed by atoms with Gasteiger partial charge in [-0.2, -0.15) is 9.37 Å². The molecule has 0 fully saturated rings. The molecule has 1 heterocycles. The summed E-state index contributed by atoms with van der Waals surface area (Å²) >= 11 is 3.14. The minimum Gasteiger partial charge on any atom is -0.480 e. The molecule has 0 radical (unpaired) electrons. The van der Waals surface area contributed by atoms with E-state index in [1.165, 1.54) is 13.2 Å². The number of ether oxygens (including phenoxy) is 1. The fourth-order valence-corrected chi connectivity index (χ4v) is 0.927. The molecule has 10 heavy (non-hydrogen) atoms. The number of nitrogens with zero attached hydrogens (tertiary/aromatic N) is 1. The molecule has 2 nitrogen and oxygen atoms in total. The van der Waals surface area contributed by atoms with Crippen LogP contribution in [-0.2, 0) is 0 Å². The summed E-state index contributed by atoms with van der Waals surface area (Å²) in [6.45, 7) is 0. The zero-order valence-electron chi connectivity index (χ0n) is 5.27. The van der Waals surface area contributed by atoms with Crippen molar-refractivity contribution in [2.24, 2.45) is 0 Å². The first kappa shape index (κ1) is 7.47. The molecule has 0 saturated carbocycles. The maximum absolute atomic E-state index is 12.3. The van der Waals surface area contributed by atoms with Gasteiger partial charge in [0.15, 0.2) is 0 Å². The van der Waals surface area contributed by atoms with Crippen LogP contribution in [0.4, 0.5) is 4.39 Å². The third kappa shape index (κ3) is 1.44. The van der Waals surface area contributed by atoms with Crippen molar-refractivity contribution >= 4 is 15.9 Å². The molecule has 0 aliphatic heterocycles. The van der Waals surface area contributed by atoms with E-state index in [9.17, 15) is 4.39 Å². The van der Waals surface area contributed by atoms with E-state index in [0.29, 0.717) is 4.47 Å². The monoisotopic (exact) mass is 205 g/mol. The van der Waals surface area contributed by atoms with Crippen LogP contribution < -0.4 is 4.74 Å². The molecule has 1 aromatic heterocycles. The van der Waals surface area contributed by atoms with Gasteiger partial charge >= 0.3 is 0 Å². The molecule has 1 rings (SSSR count). The summed E-state index contributed by atoms with van der Waals surface area (Å²) < 4.78 is 17.7. The van der Waals surface area contributed by atoms with Crippen LogP contribution in [0.5, 0.6) is 5.88 Å². The Labute approximate surface area is 66.2 Å². The lowest BCUT2D eigenvalue weighted by molar-refractivity contribution is 0.384. The van der Waals surface area contributed by atoms with E-state index in [0.717, 1.165) is 0 Å². The van der Waals surface area contributed by atoms with E-state index >= 15 is 0 Å². The predicted octanol–water partition coefficient (Wildman–Crippen LogP) is 1.99. The predicted molar refractivity (Wildman–Crippen MR) is 38.4 cm³/mol. The highest BCUT2D eigenvalue weighted by Crippen LogP contribution is 2.20. The van der Waals surface area contributed by atoms with Crippen molar-refractivity contribution in [2.45, 2.75) is 0 Å². The first-order valence-electron chi connectivity index (χ1n) is 2.60. The SMILES string of the molecule is COc1nc(F)ccc1Br. The number of aromatic nitrogens is 1. The van der Waals surface area contributed by atoms with Crippen LogP contribution in [0.25, 0.3) is 0 Å². The number of halogens is 2. The Morgan fingerprint density at radius 3 is 2.80 bits per heavy atom. The van der Waals surface area contributed by atoms with Crippen molar-refractivity contribution in [1.29, 1.82) is 0 Å². The standard InChI is InChI=1S/C6H5BrFNO/c1-10-6-4(7)2-3-5(8)9-6/h2-3H,1H3. The second-order valence-electron chi connectivity index (χ2n) is 1.63. The van der Waals surface area contributed by atoms with Crippen LogP contribution in [0.2, 0.25) is 0 Å². The van der Waals surface area contributed by atoms with Crippen molar-refractivity contribution in [2.75, 3.05) is 7.11 Å². The number of methoxy groups -OCH3 is 1. The van der Waals surface area contributed by atoms with Gasteiger partial charge in [0, 0.05) is 0 Å². The second kappa shape index (κ2) is 2.96. The van der Waals surface area contributed by atoms with Gasteiger partial charge in [0.25, 0.3) is 0 Å². The fourth-order valence-electron chi connectivity index (χ4n) is 0.544. The highest BCUT2D eigenvalue weighted by molar-refractivity contribution is 9.10. The van der Waals surface area contributed by atoms with Crippen molar-refractivity contribution in [3.05, 3.63) is 22.6 Å². The van der Waals surface area contributed by atoms with Crippen molar-refractivity contribution < 1.29 is 9.13 Å². The summed E-state index contributed by atoms with van der Waals surface area (Å²) in [7, 11) is 1.44. The van der Waals surface area contributed by atoms with Gasteiger partial charge in [0.05, 0.1) is 11.6 Å². The van der Waals surface area contributed by atoms with Crippen LogP contribution in [0.3, 0.4) is 0 Å². The first-order chi connectivity index (χ1) is 4.74. The number of hydrogen-bond acceptors (Lipinski definition) is 2. The number of rotatable bonds is 1. The summed E-state index contributed by atoms with van der Waals surface area (Å²) in [5.74, 6) is -0.278. The number of pyridine rings is 1. The Balaban J connectivity index is 3.09. The topological polar surface area (TPSA) is 22.1 Å². The largest absolute Gasteiger partial charge is 0.480 e. The van der Waals surface area contributed by atoms with Gasteiger partial charge < -0.3 is 4.74 Å². The lowest BCUT2D eigenvalue weighted by atomic mass is 10.5. The van der Waals surface area contributed by atoms with E-state index in [2.05, 4.69) is 20.9 Å². The molecule has 0 spiro atoms. The molecule has 4 heteroatoms. The Morgan fingerprint density at radius 1 is 1.60 bits per heavy atom. The summed E-state index contributed by atoms with van der Waals surface area (Å²) in [6.07, 6.45) is 0. The normalized spacial score (nSPS) is 9.50. The maximum atomic E-state index is 12.3. The molecule has 0 N–H and O–H groups in total. The molecule has 0 amide bonds. The molecule has 0 aromatic carbocycles. The Morgan fingerprint density at radius 2 is 2.30 bits per heavy atom. The van der Waals surface area contributed by atoms with Crippen molar-refractivity contribution in [1.82, 2.24) is 4.98 Å². The van der Waals surface area contributed by atoms with Gasteiger partial charge in [-0.05, 0) is 28.1 Å². The van der Waals surface area contributed by atoms with Crippen LogP contribution in [-0.4, -0.2) is 12.1 Å². The van der Waals surface area contributed by atoms with Gasteiger partial charge in [0.1, 0.15) is 0 Å². The smallest absolute Gasteiger partial charge is 0.230 e. The highest BCUT2D eigenvalue weighted by Gasteiger charge is 2.00. The number of hydrogen-bond donors (Lipinski definition) is 0. The summed E-state index contributed by atoms with van der Waals surface area (Å²) in [5, 5.41) is 0. The Bertz CT molecular complexity index is 241. The van der Waals surface area contributed by atoms with Crippen LogP contribution in [0.15, 0.2) is 16.6 Å². The summed E-state index contributed by atoms with van der Waals surface area (Å²) in [4.78, 5) is 3.46. The average molecular weight is 206 g/mol. The molecule has 1 aromatic rings. The summed E-state index contributed by atoms with van der Waals surface area (Å²) in [5.41, 5.74) is 0. The Kier molecular flexibility index (Phi) is 2.21. The van der Waals surface area contributed by atoms with E-state index in [-0.39, 0.29) is 5.88 Å². The van der Waals surface area contributed by atoms with Crippen LogP contribution >= 0.6 is 15.9 Å². The van der Waals surface area contributed by atoms with Gasteiger partial charge in [-0.1, -0.05) is 0 Å². The molecule has 0 aliphatic carbocycles. The van der Waals surface area contributed by atoms with Crippen molar-refractivity contribution in [3.8, 4) is 5.88 Å². The molecule has 0 saturated heterocycles. The molecule has 0 bridgehead atoms. The van der Waals surface area contributed by atoms with Gasteiger partial charge in [-0.15, -0.1) is 0 Å². The molecule has 0 atom stereocenters. The fraction of sp³-hybridized carbons (Fsp3) is 0.167. The maximum Gasteiger partial charge on any atom is 0.230 e. The van der Waals surface area contributed by atoms with Crippen molar-refractivity contribution in [3.63, 3.8) is 0 Å². The van der Waals surface area contributed by atoms with Gasteiger partial charge in [0.2, 0.25) is 11.8 Å². The average Bonchev–Trinajstić information content (AvgIpc) is 1.94. The molecule has 0 aliphatic rings. The minimum absolute atomic E-state index is 0.264. The summed E-state index contributed by atoms with van der Waals surface area (Å²) in [6, 6.07) is 2.80. The molecular weight excluding hydrogens is 201 g/mol. The van der Waals surface area contributed by atoms with Gasteiger partial charge in [-0.3, -0.25) is 0 Å². The zero-order valence-corrected chi connectivity index (χ0v) is 6.85.